The summed E-state index contributed by atoms with van der Waals surface area (Å²) in [7, 11) is 1.49. The van der Waals surface area contributed by atoms with Crippen LogP contribution >= 0.6 is 35.6 Å². The van der Waals surface area contributed by atoms with E-state index in [0.717, 1.165) is 11.1 Å². The van der Waals surface area contributed by atoms with E-state index in [2.05, 4.69) is 0 Å². The van der Waals surface area contributed by atoms with Crippen LogP contribution < -0.4 is 9.47 Å². The fourth-order valence-corrected chi connectivity index (χ4v) is 4.99. The summed E-state index contributed by atoms with van der Waals surface area (Å²) >= 11 is 12.6. The SMILES string of the molecule is COc1cc(C=C2SC(=S)N(C(C)c3ccccc3)C2=O)ccc1OC(=O)c1ccc(Cl)cc1. The first-order valence-electron chi connectivity index (χ1n) is 10.3. The molecule has 0 saturated carbocycles. The Bertz CT molecular complexity index is 1280. The maximum Gasteiger partial charge on any atom is 0.343 e. The number of halogens is 1. The second-order valence-electron chi connectivity index (χ2n) is 7.45. The molecule has 1 unspecified atom stereocenters. The lowest BCUT2D eigenvalue weighted by Gasteiger charge is -2.23. The average molecular weight is 510 g/mol. The van der Waals surface area contributed by atoms with Gasteiger partial charge < -0.3 is 9.47 Å². The van der Waals surface area contributed by atoms with Gasteiger partial charge in [-0.2, -0.15) is 0 Å². The van der Waals surface area contributed by atoms with Crippen LogP contribution in [-0.4, -0.2) is 28.2 Å². The highest BCUT2D eigenvalue weighted by atomic mass is 35.5. The van der Waals surface area contributed by atoms with Crippen LogP contribution in [0.3, 0.4) is 0 Å². The van der Waals surface area contributed by atoms with Gasteiger partial charge in [-0.25, -0.2) is 4.79 Å². The molecule has 0 radical (unpaired) electrons. The molecule has 3 aromatic rings. The third kappa shape index (κ3) is 5.17. The number of nitrogens with zero attached hydrogens (tertiary/aromatic N) is 1. The van der Waals surface area contributed by atoms with E-state index < -0.39 is 5.97 Å². The Morgan fingerprint density at radius 2 is 1.76 bits per heavy atom. The van der Waals surface area contributed by atoms with Crippen LogP contribution in [-0.2, 0) is 4.79 Å². The topological polar surface area (TPSA) is 55.8 Å². The highest BCUT2D eigenvalue weighted by Gasteiger charge is 2.35. The van der Waals surface area contributed by atoms with Crippen molar-refractivity contribution in [3.63, 3.8) is 0 Å². The number of rotatable bonds is 6. The molecule has 34 heavy (non-hydrogen) atoms. The van der Waals surface area contributed by atoms with Gasteiger partial charge in [0.15, 0.2) is 11.5 Å². The Labute approximate surface area is 212 Å². The third-order valence-corrected chi connectivity index (χ3v) is 6.84. The van der Waals surface area contributed by atoms with E-state index in [1.807, 2.05) is 37.3 Å². The minimum Gasteiger partial charge on any atom is -0.493 e. The van der Waals surface area contributed by atoms with Crippen molar-refractivity contribution in [2.75, 3.05) is 7.11 Å². The number of hydrogen-bond acceptors (Lipinski definition) is 6. The molecule has 8 heteroatoms. The molecule has 3 aromatic carbocycles. The summed E-state index contributed by atoms with van der Waals surface area (Å²) in [5, 5.41) is 0.530. The maximum atomic E-state index is 13.1. The van der Waals surface area contributed by atoms with E-state index in [0.29, 0.717) is 25.6 Å². The fraction of sp³-hybridized carbons (Fsp3) is 0.115. The van der Waals surface area contributed by atoms with Crippen LogP contribution in [0.15, 0.2) is 77.7 Å². The van der Waals surface area contributed by atoms with Crippen molar-refractivity contribution < 1.29 is 19.1 Å². The van der Waals surface area contributed by atoms with Crippen LogP contribution in [0, 0.1) is 0 Å². The molecule has 0 bridgehead atoms. The number of thioether (sulfide) groups is 1. The molecule has 1 heterocycles. The number of carbonyl (C=O) groups is 2. The summed E-state index contributed by atoms with van der Waals surface area (Å²) < 4.78 is 11.4. The average Bonchev–Trinajstić information content (AvgIpc) is 3.12. The second-order valence-corrected chi connectivity index (χ2v) is 9.56. The lowest BCUT2D eigenvalue weighted by molar-refractivity contribution is -0.123. The minimum atomic E-state index is -0.529. The molecular formula is C26H20ClNO4S2. The molecule has 1 fully saturated rings. The van der Waals surface area contributed by atoms with Crippen molar-refractivity contribution in [1.29, 1.82) is 0 Å². The van der Waals surface area contributed by atoms with Gasteiger partial charge in [0.2, 0.25) is 0 Å². The van der Waals surface area contributed by atoms with Crippen LogP contribution in [0.4, 0.5) is 0 Å². The largest absolute Gasteiger partial charge is 0.493 e. The summed E-state index contributed by atoms with van der Waals surface area (Å²) in [5.74, 6) is -0.0453. The standard InChI is InChI=1S/C26H20ClNO4S2/c1-16(18-6-4-3-5-7-18)28-24(29)23(34-26(28)33)15-17-8-13-21(22(14-17)31-2)32-25(30)19-9-11-20(27)12-10-19/h3-16H,1-2H3. The van der Waals surface area contributed by atoms with Crippen LogP contribution in [0.5, 0.6) is 11.5 Å². The normalized spacial score (nSPS) is 15.5. The van der Waals surface area contributed by atoms with Crippen molar-refractivity contribution >= 4 is 57.9 Å². The number of benzene rings is 3. The zero-order valence-electron chi connectivity index (χ0n) is 18.4. The quantitative estimate of drug-likeness (QED) is 0.163. The van der Waals surface area contributed by atoms with Crippen molar-refractivity contribution in [3.05, 3.63) is 99.4 Å². The zero-order chi connectivity index (χ0) is 24.2. The minimum absolute atomic E-state index is 0.149. The van der Waals surface area contributed by atoms with Gasteiger partial charge in [0, 0.05) is 5.02 Å². The summed E-state index contributed by atoms with van der Waals surface area (Å²) in [6, 6.07) is 21.1. The van der Waals surface area contributed by atoms with Crippen molar-refractivity contribution in [1.82, 2.24) is 4.90 Å². The van der Waals surface area contributed by atoms with Gasteiger partial charge in [-0.15, -0.1) is 0 Å². The predicted octanol–water partition coefficient (Wildman–Crippen LogP) is 6.53. The molecule has 0 aliphatic carbocycles. The van der Waals surface area contributed by atoms with E-state index in [4.69, 9.17) is 33.3 Å². The molecule has 1 amide bonds. The van der Waals surface area contributed by atoms with Gasteiger partial charge in [-0.1, -0.05) is 72.0 Å². The third-order valence-electron chi connectivity index (χ3n) is 5.26. The van der Waals surface area contributed by atoms with Crippen LogP contribution in [0.1, 0.15) is 34.5 Å². The highest BCUT2D eigenvalue weighted by molar-refractivity contribution is 8.26. The van der Waals surface area contributed by atoms with Gasteiger partial charge >= 0.3 is 5.97 Å². The molecule has 172 valence electrons. The number of amides is 1. The highest BCUT2D eigenvalue weighted by Crippen LogP contribution is 2.39. The zero-order valence-corrected chi connectivity index (χ0v) is 20.7. The molecule has 0 N–H and O–H groups in total. The number of carbonyl (C=O) groups excluding carboxylic acids is 2. The number of esters is 1. The summed E-state index contributed by atoms with van der Waals surface area (Å²) in [6.07, 6.45) is 1.75. The molecule has 1 aliphatic rings. The van der Waals surface area contributed by atoms with E-state index in [9.17, 15) is 9.59 Å². The summed E-state index contributed by atoms with van der Waals surface area (Å²) in [6.45, 7) is 1.95. The summed E-state index contributed by atoms with van der Waals surface area (Å²) in [5.41, 5.74) is 2.09. The first-order chi connectivity index (χ1) is 16.4. The smallest absolute Gasteiger partial charge is 0.343 e. The second kappa shape index (κ2) is 10.4. The Kier molecular flexibility index (Phi) is 7.36. The Morgan fingerprint density at radius 1 is 1.06 bits per heavy atom. The van der Waals surface area contributed by atoms with Gasteiger partial charge in [0.05, 0.1) is 23.6 Å². The molecule has 0 aromatic heterocycles. The van der Waals surface area contributed by atoms with Crippen LogP contribution in [0.2, 0.25) is 5.02 Å². The molecule has 4 rings (SSSR count). The van der Waals surface area contributed by atoms with E-state index >= 15 is 0 Å². The Balaban J connectivity index is 1.54. The Hall–Kier alpha value is -3.13. The first-order valence-corrected chi connectivity index (χ1v) is 12.0. The molecule has 1 atom stereocenters. The Morgan fingerprint density at radius 3 is 2.44 bits per heavy atom. The van der Waals surface area contributed by atoms with Gasteiger partial charge in [-0.05, 0) is 60.5 Å². The summed E-state index contributed by atoms with van der Waals surface area (Å²) in [4.78, 5) is 27.7. The van der Waals surface area contributed by atoms with E-state index in [1.54, 1.807) is 53.4 Å². The fourth-order valence-electron chi connectivity index (χ4n) is 3.45. The van der Waals surface area contributed by atoms with Gasteiger partial charge in [0.25, 0.3) is 5.91 Å². The van der Waals surface area contributed by atoms with Crippen molar-refractivity contribution in [2.45, 2.75) is 13.0 Å². The number of thiocarbonyl (C=S) groups is 1. The predicted molar refractivity (Wildman–Crippen MR) is 139 cm³/mol. The van der Waals surface area contributed by atoms with Gasteiger partial charge in [0.1, 0.15) is 4.32 Å². The van der Waals surface area contributed by atoms with Crippen LogP contribution in [0.25, 0.3) is 6.08 Å². The number of ether oxygens (including phenoxy) is 2. The van der Waals surface area contributed by atoms with Crippen molar-refractivity contribution in [3.8, 4) is 11.5 Å². The number of methoxy groups -OCH3 is 1. The molecule has 1 saturated heterocycles. The van der Waals surface area contributed by atoms with E-state index in [1.165, 1.54) is 18.9 Å². The molecular weight excluding hydrogens is 490 g/mol. The lowest BCUT2D eigenvalue weighted by Crippen LogP contribution is -2.30. The molecule has 5 nitrogen and oxygen atoms in total. The van der Waals surface area contributed by atoms with Crippen molar-refractivity contribution in [2.24, 2.45) is 0 Å². The molecule has 0 spiro atoms. The molecule has 1 aliphatic heterocycles. The lowest BCUT2D eigenvalue weighted by atomic mass is 10.1. The van der Waals surface area contributed by atoms with Gasteiger partial charge in [-0.3, -0.25) is 9.69 Å². The number of hydrogen-bond donors (Lipinski definition) is 0. The van der Waals surface area contributed by atoms with E-state index in [-0.39, 0.29) is 17.7 Å². The monoisotopic (exact) mass is 509 g/mol. The first kappa shape index (κ1) is 24.0. The maximum absolute atomic E-state index is 13.1.